The van der Waals surface area contributed by atoms with Crippen LogP contribution in [0.5, 0.6) is 0 Å². The Bertz CT molecular complexity index is 394. The molecule has 1 N–H and O–H groups in total. The molecule has 20 heavy (non-hydrogen) atoms. The van der Waals surface area contributed by atoms with Crippen LogP contribution >= 0.6 is 0 Å². The van der Waals surface area contributed by atoms with E-state index in [1.54, 1.807) is 4.31 Å². The SMILES string of the molecule is CC(C)OCCS(=O)(=O)N1CCNCC12CCCCC2. The van der Waals surface area contributed by atoms with E-state index in [1.807, 2.05) is 13.8 Å². The molecule has 0 aromatic rings. The second kappa shape index (κ2) is 6.73. The van der Waals surface area contributed by atoms with Crippen molar-refractivity contribution < 1.29 is 13.2 Å². The van der Waals surface area contributed by atoms with Crippen molar-refractivity contribution in [2.75, 3.05) is 32.0 Å². The molecule has 1 saturated heterocycles. The number of nitrogens with one attached hydrogen (secondary N) is 1. The van der Waals surface area contributed by atoms with E-state index in [9.17, 15) is 8.42 Å². The first-order valence-electron chi connectivity index (χ1n) is 7.79. The molecule has 0 aromatic heterocycles. The largest absolute Gasteiger partial charge is 0.378 e. The van der Waals surface area contributed by atoms with Gasteiger partial charge >= 0.3 is 0 Å². The first-order valence-corrected chi connectivity index (χ1v) is 9.40. The maximum Gasteiger partial charge on any atom is 0.216 e. The van der Waals surface area contributed by atoms with Crippen LogP contribution in [-0.2, 0) is 14.8 Å². The van der Waals surface area contributed by atoms with Gasteiger partial charge in [0.15, 0.2) is 0 Å². The van der Waals surface area contributed by atoms with Gasteiger partial charge in [0, 0.05) is 25.2 Å². The summed E-state index contributed by atoms with van der Waals surface area (Å²) in [4.78, 5) is 0. The Labute approximate surface area is 123 Å². The Kier molecular flexibility index (Phi) is 5.45. The Hall–Kier alpha value is -0.170. The molecular weight excluding hydrogens is 276 g/mol. The zero-order valence-corrected chi connectivity index (χ0v) is 13.5. The van der Waals surface area contributed by atoms with E-state index in [1.165, 1.54) is 6.42 Å². The van der Waals surface area contributed by atoms with Crippen LogP contribution < -0.4 is 5.32 Å². The van der Waals surface area contributed by atoms with Gasteiger partial charge in [-0.05, 0) is 26.7 Å². The van der Waals surface area contributed by atoms with E-state index >= 15 is 0 Å². The Morgan fingerprint density at radius 1 is 1.25 bits per heavy atom. The van der Waals surface area contributed by atoms with Crippen LogP contribution in [0.4, 0.5) is 0 Å². The number of nitrogens with zero attached hydrogens (tertiary/aromatic N) is 1. The van der Waals surface area contributed by atoms with E-state index in [2.05, 4.69) is 5.32 Å². The summed E-state index contributed by atoms with van der Waals surface area (Å²) in [5.41, 5.74) is -0.173. The molecule has 1 aliphatic heterocycles. The second-order valence-corrected chi connectivity index (χ2v) is 8.28. The normalized spacial score (nSPS) is 24.4. The van der Waals surface area contributed by atoms with Gasteiger partial charge in [-0.3, -0.25) is 0 Å². The van der Waals surface area contributed by atoms with Crippen LogP contribution in [0.1, 0.15) is 46.0 Å². The zero-order chi connectivity index (χ0) is 14.6. The minimum atomic E-state index is -3.22. The van der Waals surface area contributed by atoms with Gasteiger partial charge in [-0.2, -0.15) is 4.31 Å². The van der Waals surface area contributed by atoms with Crippen LogP contribution in [0.2, 0.25) is 0 Å². The average Bonchev–Trinajstić information content (AvgIpc) is 2.39. The minimum absolute atomic E-state index is 0.0804. The molecule has 5 nitrogen and oxygen atoms in total. The molecule has 1 heterocycles. The molecular formula is C14H28N2O3S. The molecule has 0 bridgehead atoms. The fourth-order valence-electron chi connectivity index (χ4n) is 3.40. The maximum absolute atomic E-state index is 12.7. The molecule has 0 atom stereocenters. The maximum atomic E-state index is 12.7. The lowest BCUT2D eigenvalue weighted by Gasteiger charge is -2.48. The second-order valence-electron chi connectivity index (χ2n) is 6.27. The highest BCUT2D eigenvalue weighted by Gasteiger charge is 2.45. The number of hydrogen-bond acceptors (Lipinski definition) is 4. The summed E-state index contributed by atoms with van der Waals surface area (Å²) >= 11 is 0. The van der Waals surface area contributed by atoms with E-state index < -0.39 is 10.0 Å². The van der Waals surface area contributed by atoms with Crippen molar-refractivity contribution >= 4 is 10.0 Å². The monoisotopic (exact) mass is 304 g/mol. The minimum Gasteiger partial charge on any atom is -0.378 e. The number of piperazine rings is 1. The average molecular weight is 304 g/mol. The lowest BCUT2D eigenvalue weighted by molar-refractivity contribution is 0.0839. The molecule has 0 radical (unpaired) electrons. The number of rotatable bonds is 5. The van der Waals surface area contributed by atoms with Crippen LogP contribution in [0.3, 0.4) is 0 Å². The van der Waals surface area contributed by atoms with Crippen LogP contribution in [0.25, 0.3) is 0 Å². The first kappa shape index (κ1) is 16.2. The Morgan fingerprint density at radius 3 is 2.60 bits per heavy atom. The highest BCUT2D eigenvalue weighted by Crippen LogP contribution is 2.36. The lowest BCUT2D eigenvalue weighted by Crippen LogP contribution is -2.64. The van der Waals surface area contributed by atoms with Crippen molar-refractivity contribution in [2.45, 2.75) is 57.6 Å². The molecule has 2 fully saturated rings. The van der Waals surface area contributed by atoms with Crippen molar-refractivity contribution in [3.8, 4) is 0 Å². The van der Waals surface area contributed by atoms with E-state index in [0.717, 1.165) is 38.8 Å². The molecule has 0 aromatic carbocycles. The Morgan fingerprint density at radius 2 is 1.95 bits per heavy atom. The summed E-state index contributed by atoms with van der Waals surface area (Å²) in [6, 6.07) is 0. The van der Waals surface area contributed by atoms with Crippen LogP contribution in [0.15, 0.2) is 0 Å². The molecule has 2 aliphatic rings. The number of sulfonamides is 1. The van der Waals surface area contributed by atoms with Gasteiger partial charge in [0.2, 0.25) is 10.0 Å². The van der Waals surface area contributed by atoms with Crippen molar-refractivity contribution in [3.05, 3.63) is 0 Å². The standard InChI is InChI=1S/C14H28N2O3S/c1-13(2)19-10-11-20(17,18)16-9-8-15-12-14(16)6-4-3-5-7-14/h13,15H,3-12H2,1-2H3. The van der Waals surface area contributed by atoms with Gasteiger partial charge in [-0.25, -0.2) is 8.42 Å². The summed E-state index contributed by atoms with van der Waals surface area (Å²) in [5, 5.41) is 3.38. The summed E-state index contributed by atoms with van der Waals surface area (Å²) < 4.78 is 32.5. The Balaban J connectivity index is 2.06. The fraction of sp³-hybridized carbons (Fsp3) is 1.00. The molecule has 1 saturated carbocycles. The van der Waals surface area contributed by atoms with Crippen molar-refractivity contribution in [1.82, 2.24) is 9.62 Å². The van der Waals surface area contributed by atoms with Gasteiger partial charge in [0.1, 0.15) is 0 Å². The third kappa shape index (κ3) is 3.72. The topological polar surface area (TPSA) is 58.6 Å². The van der Waals surface area contributed by atoms with Crippen molar-refractivity contribution in [2.24, 2.45) is 0 Å². The summed E-state index contributed by atoms with van der Waals surface area (Å²) in [5.74, 6) is 0.104. The molecule has 0 amide bonds. The zero-order valence-electron chi connectivity index (χ0n) is 12.7. The third-order valence-corrected chi connectivity index (χ3v) is 6.31. The van der Waals surface area contributed by atoms with Crippen LogP contribution in [-0.4, -0.2) is 56.4 Å². The molecule has 1 aliphatic carbocycles. The quantitative estimate of drug-likeness (QED) is 0.833. The summed E-state index contributed by atoms with van der Waals surface area (Å²) in [6.45, 7) is 6.31. The number of hydrogen-bond donors (Lipinski definition) is 1. The van der Waals surface area contributed by atoms with Gasteiger partial charge in [-0.15, -0.1) is 0 Å². The molecule has 1 spiro atoms. The van der Waals surface area contributed by atoms with E-state index in [-0.39, 0.29) is 17.4 Å². The predicted octanol–water partition coefficient (Wildman–Crippen LogP) is 1.35. The lowest BCUT2D eigenvalue weighted by atomic mass is 9.80. The molecule has 2 rings (SSSR count). The fourth-order valence-corrected chi connectivity index (χ4v) is 5.13. The van der Waals surface area contributed by atoms with Crippen LogP contribution in [0, 0.1) is 0 Å². The summed E-state index contributed by atoms with van der Waals surface area (Å²) in [6.07, 6.45) is 5.56. The van der Waals surface area contributed by atoms with Gasteiger partial charge < -0.3 is 10.1 Å². The molecule has 6 heteroatoms. The molecule has 0 unspecified atom stereocenters. The van der Waals surface area contributed by atoms with Gasteiger partial charge in [0.05, 0.1) is 18.5 Å². The smallest absolute Gasteiger partial charge is 0.216 e. The van der Waals surface area contributed by atoms with Gasteiger partial charge in [-0.1, -0.05) is 19.3 Å². The highest BCUT2D eigenvalue weighted by atomic mass is 32.2. The predicted molar refractivity (Wildman–Crippen MR) is 80.3 cm³/mol. The van der Waals surface area contributed by atoms with Crippen molar-refractivity contribution in [1.29, 1.82) is 0 Å². The summed E-state index contributed by atoms with van der Waals surface area (Å²) in [7, 11) is -3.22. The highest BCUT2D eigenvalue weighted by molar-refractivity contribution is 7.89. The molecule has 118 valence electrons. The van der Waals surface area contributed by atoms with E-state index in [0.29, 0.717) is 13.2 Å². The first-order chi connectivity index (χ1) is 9.46. The van der Waals surface area contributed by atoms with Crippen molar-refractivity contribution in [3.63, 3.8) is 0 Å². The third-order valence-electron chi connectivity index (χ3n) is 4.39. The van der Waals surface area contributed by atoms with E-state index in [4.69, 9.17) is 4.74 Å². The van der Waals surface area contributed by atoms with Gasteiger partial charge in [0.25, 0.3) is 0 Å². The number of ether oxygens (including phenoxy) is 1.